The second-order valence-electron chi connectivity index (χ2n) is 3.79. The summed E-state index contributed by atoms with van der Waals surface area (Å²) in [6.07, 6.45) is 0. The molecule has 1 rings (SSSR count). The van der Waals surface area contributed by atoms with Gasteiger partial charge in [0.25, 0.3) is 0 Å². The smallest absolute Gasteiger partial charge is 0.333 e. The van der Waals surface area contributed by atoms with Crippen molar-refractivity contribution >= 4 is 11.9 Å². The average Bonchev–Trinajstić information content (AvgIpc) is 2.39. The van der Waals surface area contributed by atoms with Crippen molar-refractivity contribution in [3.8, 4) is 6.07 Å². The number of nitriles is 1. The molecule has 5 heteroatoms. The van der Waals surface area contributed by atoms with Crippen LogP contribution in [0.3, 0.4) is 0 Å². The van der Waals surface area contributed by atoms with Gasteiger partial charge in [0, 0.05) is 14.0 Å². The lowest BCUT2D eigenvalue weighted by atomic mass is 10.0. The SMILES string of the molecule is COC(=O)C(c1ccc(C#N)cc1)N(C)C(C)=O. The number of hydrogen-bond acceptors (Lipinski definition) is 4. The second-order valence-corrected chi connectivity index (χ2v) is 3.79. The highest BCUT2D eigenvalue weighted by Crippen LogP contribution is 2.21. The number of benzene rings is 1. The number of nitrogens with zero attached hydrogens (tertiary/aromatic N) is 2. The minimum Gasteiger partial charge on any atom is -0.467 e. The monoisotopic (exact) mass is 246 g/mol. The number of amides is 1. The minimum atomic E-state index is -0.791. The maximum absolute atomic E-state index is 11.7. The highest BCUT2D eigenvalue weighted by atomic mass is 16.5. The summed E-state index contributed by atoms with van der Waals surface area (Å²) in [4.78, 5) is 24.4. The molecular formula is C13H14N2O3. The van der Waals surface area contributed by atoms with Crippen molar-refractivity contribution in [2.75, 3.05) is 14.2 Å². The number of rotatable bonds is 3. The molecule has 0 fully saturated rings. The Kier molecular flexibility index (Phi) is 4.44. The number of carbonyl (C=O) groups excluding carboxylic acids is 2. The van der Waals surface area contributed by atoms with Crippen LogP contribution in [-0.2, 0) is 14.3 Å². The van der Waals surface area contributed by atoms with Gasteiger partial charge in [-0.1, -0.05) is 12.1 Å². The molecular weight excluding hydrogens is 232 g/mol. The standard InChI is InChI=1S/C13H14N2O3/c1-9(16)15(2)12(13(17)18-3)11-6-4-10(8-14)5-7-11/h4-7,12H,1-3H3. The molecule has 0 spiro atoms. The molecule has 0 saturated carbocycles. The van der Waals surface area contributed by atoms with Crippen LogP contribution in [0.5, 0.6) is 0 Å². The zero-order chi connectivity index (χ0) is 13.7. The molecule has 0 aliphatic rings. The number of ether oxygens (including phenoxy) is 1. The van der Waals surface area contributed by atoms with E-state index in [0.29, 0.717) is 11.1 Å². The minimum absolute atomic E-state index is 0.241. The van der Waals surface area contributed by atoms with Gasteiger partial charge in [-0.25, -0.2) is 4.79 Å². The largest absolute Gasteiger partial charge is 0.467 e. The summed E-state index contributed by atoms with van der Waals surface area (Å²) in [6.45, 7) is 1.37. The molecule has 0 saturated heterocycles. The fraction of sp³-hybridized carbons (Fsp3) is 0.308. The predicted octanol–water partition coefficient (Wildman–Crippen LogP) is 1.25. The molecule has 0 bridgehead atoms. The summed E-state index contributed by atoms with van der Waals surface area (Å²) in [5.41, 5.74) is 1.10. The van der Waals surface area contributed by atoms with E-state index in [0.717, 1.165) is 0 Å². The summed E-state index contributed by atoms with van der Waals surface area (Å²) >= 11 is 0. The quantitative estimate of drug-likeness (QED) is 0.752. The predicted molar refractivity (Wildman–Crippen MR) is 64.4 cm³/mol. The molecule has 0 aliphatic carbocycles. The molecule has 1 atom stereocenters. The number of likely N-dealkylation sites (N-methyl/N-ethyl adjacent to an activating group) is 1. The maximum atomic E-state index is 11.7. The van der Waals surface area contributed by atoms with Crippen LogP contribution in [-0.4, -0.2) is 30.9 Å². The van der Waals surface area contributed by atoms with E-state index in [1.807, 2.05) is 6.07 Å². The van der Waals surface area contributed by atoms with Crippen LogP contribution in [0, 0.1) is 11.3 Å². The van der Waals surface area contributed by atoms with Crippen molar-refractivity contribution in [3.05, 3.63) is 35.4 Å². The van der Waals surface area contributed by atoms with Crippen LogP contribution in [0.1, 0.15) is 24.1 Å². The number of esters is 1. The first-order valence-corrected chi connectivity index (χ1v) is 5.32. The van der Waals surface area contributed by atoms with E-state index in [1.54, 1.807) is 24.3 Å². The Balaban J connectivity index is 3.13. The molecule has 0 aliphatic heterocycles. The summed E-state index contributed by atoms with van der Waals surface area (Å²) in [5.74, 6) is -0.757. The van der Waals surface area contributed by atoms with Crippen molar-refractivity contribution in [2.45, 2.75) is 13.0 Å². The van der Waals surface area contributed by atoms with Gasteiger partial charge >= 0.3 is 5.97 Å². The van der Waals surface area contributed by atoms with Gasteiger partial charge in [-0.3, -0.25) is 4.79 Å². The van der Waals surface area contributed by atoms with Gasteiger partial charge in [0.15, 0.2) is 6.04 Å². The first-order chi connectivity index (χ1) is 8.51. The van der Waals surface area contributed by atoms with Crippen molar-refractivity contribution in [1.29, 1.82) is 5.26 Å². The highest BCUT2D eigenvalue weighted by molar-refractivity contribution is 5.84. The molecule has 0 aromatic heterocycles. The molecule has 0 heterocycles. The van der Waals surface area contributed by atoms with E-state index in [2.05, 4.69) is 0 Å². The molecule has 1 aromatic carbocycles. The van der Waals surface area contributed by atoms with Gasteiger partial charge in [-0.2, -0.15) is 5.26 Å². The van der Waals surface area contributed by atoms with E-state index in [-0.39, 0.29) is 5.91 Å². The molecule has 0 N–H and O–H groups in total. The Morgan fingerprint density at radius 3 is 2.28 bits per heavy atom. The van der Waals surface area contributed by atoms with Crippen LogP contribution in [0.15, 0.2) is 24.3 Å². The Hall–Kier alpha value is -2.35. The third-order valence-corrected chi connectivity index (χ3v) is 2.66. The van der Waals surface area contributed by atoms with Crippen LogP contribution < -0.4 is 0 Å². The highest BCUT2D eigenvalue weighted by Gasteiger charge is 2.27. The van der Waals surface area contributed by atoms with Crippen LogP contribution in [0.4, 0.5) is 0 Å². The van der Waals surface area contributed by atoms with Gasteiger partial charge in [0.1, 0.15) is 0 Å². The van der Waals surface area contributed by atoms with Crippen LogP contribution in [0.2, 0.25) is 0 Å². The summed E-state index contributed by atoms with van der Waals surface area (Å²) < 4.78 is 4.70. The summed E-state index contributed by atoms with van der Waals surface area (Å²) in [5, 5.41) is 8.71. The van der Waals surface area contributed by atoms with Crippen LogP contribution >= 0.6 is 0 Å². The molecule has 5 nitrogen and oxygen atoms in total. The van der Waals surface area contributed by atoms with Gasteiger partial charge in [0.2, 0.25) is 5.91 Å². The van der Waals surface area contributed by atoms with Crippen molar-refractivity contribution in [3.63, 3.8) is 0 Å². The normalized spacial score (nSPS) is 11.2. The van der Waals surface area contributed by atoms with Crippen molar-refractivity contribution in [2.24, 2.45) is 0 Å². The van der Waals surface area contributed by atoms with Gasteiger partial charge < -0.3 is 9.64 Å². The molecule has 1 amide bonds. The fourth-order valence-electron chi connectivity index (χ4n) is 1.55. The Morgan fingerprint density at radius 2 is 1.89 bits per heavy atom. The average molecular weight is 246 g/mol. The Bertz CT molecular complexity index is 488. The van der Waals surface area contributed by atoms with Gasteiger partial charge in [0.05, 0.1) is 18.7 Å². The van der Waals surface area contributed by atoms with Crippen molar-refractivity contribution in [1.82, 2.24) is 4.90 Å². The Labute approximate surface area is 106 Å². The number of hydrogen-bond donors (Lipinski definition) is 0. The van der Waals surface area contributed by atoms with Gasteiger partial charge in [-0.15, -0.1) is 0 Å². The topological polar surface area (TPSA) is 70.4 Å². The second kappa shape index (κ2) is 5.82. The first kappa shape index (κ1) is 13.7. The molecule has 18 heavy (non-hydrogen) atoms. The van der Waals surface area contributed by atoms with E-state index >= 15 is 0 Å². The lowest BCUT2D eigenvalue weighted by molar-refractivity contribution is -0.151. The van der Waals surface area contributed by atoms with Gasteiger partial charge in [-0.05, 0) is 17.7 Å². The van der Waals surface area contributed by atoms with Crippen LogP contribution in [0.25, 0.3) is 0 Å². The third kappa shape index (κ3) is 2.86. The zero-order valence-corrected chi connectivity index (χ0v) is 10.5. The number of carbonyl (C=O) groups is 2. The lowest BCUT2D eigenvalue weighted by Crippen LogP contribution is -2.35. The molecule has 1 unspecified atom stereocenters. The van der Waals surface area contributed by atoms with E-state index < -0.39 is 12.0 Å². The van der Waals surface area contributed by atoms with E-state index in [1.165, 1.54) is 26.0 Å². The third-order valence-electron chi connectivity index (χ3n) is 2.66. The fourth-order valence-corrected chi connectivity index (χ4v) is 1.55. The van der Waals surface area contributed by atoms with E-state index in [4.69, 9.17) is 10.00 Å². The lowest BCUT2D eigenvalue weighted by Gasteiger charge is -2.25. The Morgan fingerprint density at radius 1 is 1.33 bits per heavy atom. The molecule has 1 aromatic rings. The van der Waals surface area contributed by atoms with Crippen molar-refractivity contribution < 1.29 is 14.3 Å². The van der Waals surface area contributed by atoms with E-state index in [9.17, 15) is 9.59 Å². The molecule has 94 valence electrons. The summed E-state index contributed by atoms with van der Waals surface area (Å²) in [6, 6.07) is 7.67. The number of methoxy groups -OCH3 is 1. The zero-order valence-electron chi connectivity index (χ0n) is 10.5. The molecule has 0 radical (unpaired) electrons. The first-order valence-electron chi connectivity index (χ1n) is 5.32. The maximum Gasteiger partial charge on any atom is 0.333 e. The summed E-state index contributed by atoms with van der Waals surface area (Å²) in [7, 11) is 2.80.